The molecule has 8 nitrogen and oxygen atoms in total. The minimum absolute atomic E-state index is 0.0521. The van der Waals surface area contributed by atoms with Gasteiger partial charge in [-0.05, 0) is 60.7 Å². The van der Waals surface area contributed by atoms with Gasteiger partial charge in [0.05, 0.1) is 27.6 Å². The summed E-state index contributed by atoms with van der Waals surface area (Å²) in [4.78, 5) is 14.2. The average Bonchev–Trinajstić information content (AvgIpc) is 3.47. The third-order valence-electron chi connectivity index (χ3n) is 4.84. The Morgan fingerprint density at radius 2 is 1.84 bits per heavy atom. The number of tetrazole rings is 1. The molecule has 2 aromatic carbocycles. The van der Waals surface area contributed by atoms with Crippen molar-refractivity contribution in [3.05, 3.63) is 76.8 Å². The fourth-order valence-corrected chi connectivity index (χ4v) is 4.38. The highest BCUT2D eigenvalue weighted by atomic mass is 32.1. The first-order chi connectivity index (χ1) is 15.0. The maximum absolute atomic E-state index is 14.4. The predicted octanol–water partition coefficient (Wildman–Crippen LogP) is 4.07. The Kier molecular flexibility index (Phi) is 4.55. The molecule has 31 heavy (non-hydrogen) atoms. The number of amides is 1. The van der Waals surface area contributed by atoms with Crippen molar-refractivity contribution < 1.29 is 9.18 Å². The number of aryl methyl sites for hydroxylation is 2. The number of para-hydroxylation sites is 1. The third-order valence-corrected chi connectivity index (χ3v) is 5.95. The second kappa shape index (κ2) is 7.40. The first-order valence-corrected chi connectivity index (χ1v) is 10.2. The summed E-state index contributed by atoms with van der Waals surface area (Å²) < 4.78 is 17.7. The van der Waals surface area contributed by atoms with Crippen LogP contribution in [0.5, 0.6) is 0 Å². The fourth-order valence-electron chi connectivity index (χ4n) is 3.30. The summed E-state index contributed by atoms with van der Waals surface area (Å²) in [7, 11) is 0. The van der Waals surface area contributed by atoms with Crippen LogP contribution in [0.1, 0.15) is 21.2 Å². The molecule has 0 saturated carbocycles. The highest BCUT2D eigenvalue weighted by molar-refractivity contribution is 7.20. The number of halogens is 1. The number of hydrogen-bond donors (Lipinski definition) is 1. The lowest BCUT2D eigenvalue weighted by atomic mass is 10.2. The van der Waals surface area contributed by atoms with Crippen molar-refractivity contribution in [2.24, 2.45) is 0 Å². The molecule has 5 aromatic rings. The predicted molar refractivity (Wildman–Crippen MR) is 115 cm³/mol. The first-order valence-electron chi connectivity index (χ1n) is 9.42. The monoisotopic (exact) mass is 433 g/mol. The topological polar surface area (TPSA) is 90.5 Å². The second-order valence-corrected chi connectivity index (χ2v) is 7.95. The molecule has 0 atom stereocenters. The highest BCUT2D eigenvalue weighted by Gasteiger charge is 2.18. The molecule has 0 unspecified atom stereocenters. The largest absolute Gasteiger partial charge is 0.319 e. The van der Waals surface area contributed by atoms with Gasteiger partial charge in [0.15, 0.2) is 5.82 Å². The zero-order valence-corrected chi connectivity index (χ0v) is 17.4. The van der Waals surface area contributed by atoms with Crippen molar-refractivity contribution in [3.8, 4) is 11.4 Å². The van der Waals surface area contributed by atoms with Crippen molar-refractivity contribution in [2.45, 2.75) is 13.8 Å². The average molecular weight is 433 g/mol. The van der Waals surface area contributed by atoms with E-state index >= 15 is 0 Å². The lowest BCUT2D eigenvalue weighted by molar-refractivity contribution is 0.103. The van der Waals surface area contributed by atoms with E-state index in [1.807, 2.05) is 41.9 Å². The molecule has 3 aromatic heterocycles. The number of anilines is 1. The quantitative estimate of drug-likeness (QED) is 0.461. The number of nitrogens with zero attached hydrogens (tertiary/aromatic N) is 6. The van der Waals surface area contributed by atoms with Gasteiger partial charge in [0.2, 0.25) is 0 Å². The van der Waals surface area contributed by atoms with Crippen LogP contribution < -0.4 is 5.32 Å². The molecule has 1 amide bonds. The van der Waals surface area contributed by atoms with Gasteiger partial charge in [-0.1, -0.05) is 18.2 Å². The van der Waals surface area contributed by atoms with Crippen LogP contribution in [0.25, 0.3) is 21.6 Å². The van der Waals surface area contributed by atoms with E-state index in [-0.39, 0.29) is 5.69 Å². The molecular weight excluding hydrogens is 417 g/mol. The Labute approximate surface area is 179 Å². The van der Waals surface area contributed by atoms with Gasteiger partial charge < -0.3 is 5.32 Å². The summed E-state index contributed by atoms with van der Waals surface area (Å²) in [5.74, 6) is -0.394. The van der Waals surface area contributed by atoms with E-state index in [0.717, 1.165) is 21.6 Å². The Morgan fingerprint density at radius 3 is 2.58 bits per heavy atom. The second-order valence-electron chi connectivity index (χ2n) is 6.92. The van der Waals surface area contributed by atoms with E-state index in [9.17, 15) is 9.18 Å². The smallest absolute Gasteiger partial charge is 0.265 e. The van der Waals surface area contributed by atoms with Crippen molar-refractivity contribution in [1.82, 2.24) is 30.0 Å². The number of fused-ring (bicyclic) bond motifs is 1. The zero-order chi connectivity index (χ0) is 21.5. The Morgan fingerprint density at radius 1 is 1.03 bits per heavy atom. The Bertz CT molecular complexity index is 1420. The van der Waals surface area contributed by atoms with Crippen molar-refractivity contribution in [1.29, 1.82) is 0 Å². The van der Waals surface area contributed by atoms with Gasteiger partial charge in [-0.3, -0.25) is 4.79 Å². The Hall–Kier alpha value is -3.92. The molecule has 0 aliphatic carbocycles. The van der Waals surface area contributed by atoms with Crippen molar-refractivity contribution in [3.63, 3.8) is 0 Å². The van der Waals surface area contributed by atoms with Crippen LogP contribution in [-0.4, -0.2) is 35.9 Å². The summed E-state index contributed by atoms with van der Waals surface area (Å²) >= 11 is 1.31. The van der Waals surface area contributed by atoms with E-state index in [4.69, 9.17) is 0 Å². The van der Waals surface area contributed by atoms with Gasteiger partial charge >= 0.3 is 0 Å². The standard InChI is InChI=1S/C21H16FN7OS/c1-12-16-11-19(31-21(16)29(25-12)14-6-4-3-5-7-14)20(30)23-18-10-15(8-9-17(18)22)28-13(2)24-26-27-28/h3-11H,1-2H3,(H,23,30). The molecule has 5 rings (SSSR count). The fraction of sp³-hybridized carbons (Fsp3) is 0.0952. The van der Waals surface area contributed by atoms with Crippen LogP contribution in [0.4, 0.5) is 10.1 Å². The molecule has 0 radical (unpaired) electrons. The molecular formula is C21H16FN7OS. The summed E-state index contributed by atoms with van der Waals surface area (Å²) in [6.07, 6.45) is 0. The SMILES string of the molecule is Cc1nn(-c2ccccc2)c2sc(C(=O)Nc3cc(-n4nnnc4C)ccc3F)cc12. The highest BCUT2D eigenvalue weighted by Crippen LogP contribution is 2.31. The van der Waals surface area contributed by atoms with E-state index in [1.165, 1.54) is 28.2 Å². The van der Waals surface area contributed by atoms with E-state index < -0.39 is 11.7 Å². The molecule has 0 saturated heterocycles. The third kappa shape index (κ3) is 3.36. The van der Waals surface area contributed by atoms with Gasteiger partial charge in [-0.2, -0.15) is 9.78 Å². The lowest BCUT2D eigenvalue weighted by Crippen LogP contribution is -2.12. The number of carbonyl (C=O) groups is 1. The van der Waals surface area contributed by atoms with Crippen LogP contribution in [0.2, 0.25) is 0 Å². The molecule has 3 heterocycles. The molecule has 0 bridgehead atoms. The van der Waals surface area contributed by atoms with Crippen LogP contribution in [0.3, 0.4) is 0 Å². The van der Waals surface area contributed by atoms with E-state index in [2.05, 4.69) is 25.9 Å². The minimum Gasteiger partial charge on any atom is -0.319 e. The van der Waals surface area contributed by atoms with Gasteiger partial charge in [0, 0.05) is 5.39 Å². The van der Waals surface area contributed by atoms with Gasteiger partial charge in [-0.15, -0.1) is 16.4 Å². The maximum Gasteiger partial charge on any atom is 0.265 e. The number of carbonyl (C=O) groups excluding carboxylic acids is 1. The lowest BCUT2D eigenvalue weighted by Gasteiger charge is -2.08. The molecule has 154 valence electrons. The van der Waals surface area contributed by atoms with Gasteiger partial charge in [0.1, 0.15) is 10.6 Å². The van der Waals surface area contributed by atoms with E-state index in [0.29, 0.717) is 16.4 Å². The maximum atomic E-state index is 14.4. The molecule has 10 heteroatoms. The number of nitrogens with one attached hydrogen (secondary N) is 1. The van der Waals surface area contributed by atoms with Crippen molar-refractivity contribution >= 4 is 33.1 Å². The summed E-state index contributed by atoms with van der Waals surface area (Å²) in [6.45, 7) is 3.63. The first kappa shape index (κ1) is 19.1. The number of rotatable bonds is 4. The minimum atomic E-state index is -0.546. The molecule has 0 fully saturated rings. The summed E-state index contributed by atoms with van der Waals surface area (Å²) in [6, 6.07) is 15.8. The number of benzene rings is 2. The van der Waals surface area contributed by atoms with Crippen LogP contribution in [0, 0.1) is 19.7 Å². The van der Waals surface area contributed by atoms with Crippen LogP contribution in [0.15, 0.2) is 54.6 Å². The van der Waals surface area contributed by atoms with E-state index in [1.54, 1.807) is 19.1 Å². The number of thiophene rings is 1. The van der Waals surface area contributed by atoms with Crippen molar-refractivity contribution in [2.75, 3.05) is 5.32 Å². The number of aromatic nitrogens is 6. The van der Waals surface area contributed by atoms with Gasteiger partial charge in [-0.25, -0.2) is 9.07 Å². The molecule has 0 spiro atoms. The summed E-state index contributed by atoms with van der Waals surface area (Å²) in [5, 5.41) is 19.4. The zero-order valence-electron chi connectivity index (χ0n) is 16.6. The van der Waals surface area contributed by atoms with Crippen LogP contribution >= 0.6 is 11.3 Å². The summed E-state index contributed by atoms with van der Waals surface area (Å²) in [5.41, 5.74) is 2.32. The van der Waals surface area contributed by atoms with Crippen LogP contribution in [-0.2, 0) is 0 Å². The molecule has 0 aliphatic rings. The van der Waals surface area contributed by atoms with Gasteiger partial charge in [0.25, 0.3) is 5.91 Å². The molecule has 1 N–H and O–H groups in total. The number of hydrogen-bond acceptors (Lipinski definition) is 6. The molecule has 0 aliphatic heterocycles. The Balaban J connectivity index is 1.48. The normalized spacial score (nSPS) is 11.2.